The predicted octanol–water partition coefficient (Wildman–Crippen LogP) is 9.84. The highest BCUT2D eigenvalue weighted by Gasteiger charge is 2.13. The lowest BCUT2D eigenvalue weighted by Crippen LogP contribution is -1.85. The van der Waals surface area contributed by atoms with Crippen LogP contribution in [0.25, 0.3) is 40.7 Å². The number of benzene rings is 3. The van der Waals surface area contributed by atoms with Gasteiger partial charge < -0.3 is 0 Å². The standard InChI is InChI=1S/C28H28S2/c1-2-3-4-5-6-8-11-20-14-16-23-25(18-20)29-28-24-17-15-22(19-26(24)30-27(23)28)21-12-9-7-10-13-21/h7,9-10,12-19H,2-6,8,11H2,1H3. The third-order valence-electron chi connectivity index (χ3n) is 6.07. The molecule has 3 aromatic carbocycles. The number of thiophene rings is 2. The first-order valence-corrected chi connectivity index (χ1v) is 12.9. The molecular formula is C28H28S2. The van der Waals surface area contributed by atoms with E-state index in [0.717, 1.165) is 0 Å². The van der Waals surface area contributed by atoms with E-state index >= 15 is 0 Å². The van der Waals surface area contributed by atoms with Gasteiger partial charge in [-0.3, -0.25) is 0 Å². The Morgan fingerprint density at radius 1 is 0.600 bits per heavy atom. The van der Waals surface area contributed by atoms with Crippen LogP contribution in [-0.2, 0) is 6.42 Å². The number of fused-ring (bicyclic) bond motifs is 5. The van der Waals surface area contributed by atoms with Crippen molar-refractivity contribution in [2.75, 3.05) is 0 Å². The van der Waals surface area contributed by atoms with Gasteiger partial charge in [0.15, 0.2) is 0 Å². The van der Waals surface area contributed by atoms with E-state index in [9.17, 15) is 0 Å². The van der Waals surface area contributed by atoms with Crippen molar-refractivity contribution in [3.63, 3.8) is 0 Å². The van der Waals surface area contributed by atoms with Gasteiger partial charge in [0.25, 0.3) is 0 Å². The van der Waals surface area contributed by atoms with Crippen LogP contribution < -0.4 is 0 Å². The summed E-state index contributed by atoms with van der Waals surface area (Å²) in [6.45, 7) is 2.28. The fourth-order valence-corrected chi connectivity index (χ4v) is 7.13. The third kappa shape index (κ3) is 3.91. The van der Waals surface area contributed by atoms with E-state index < -0.39 is 0 Å². The number of hydrogen-bond acceptors (Lipinski definition) is 2. The fraction of sp³-hybridized carbons (Fsp3) is 0.286. The minimum atomic E-state index is 1.22. The molecule has 5 rings (SSSR count). The molecule has 0 saturated carbocycles. The van der Waals surface area contributed by atoms with Crippen LogP contribution in [0, 0.1) is 0 Å². The van der Waals surface area contributed by atoms with Crippen LogP contribution in [0.5, 0.6) is 0 Å². The molecule has 0 saturated heterocycles. The molecule has 0 unspecified atom stereocenters. The highest BCUT2D eigenvalue weighted by molar-refractivity contribution is 7.36. The molecule has 0 nitrogen and oxygen atoms in total. The molecule has 0 atom stereocenters. The molecule has 0 aliphatic rings. The number of rotatable bonds is 8. The van der Waals surface area contributed by atoms with Crippen molar-refractivity contribution < 1.29 is 0 Å². The molecule has 2 heteroatoms. The lowest BCUT2D eigenvalue weighted by molar-refractivity contribution is 0.607. The number of aryl methyl sites for hydroxylation is 1. The molecule has 2 heterocycles. The van der Waals surface area contributed by atoms with Crippen molar-refractivity contribution in [1.29, 1.82) is 0 Å². The highest BCUT2D eigenvalue weighted by atomic mass is 32.1. The topological polar surface area (TPSA) is 0 Å². The van der Waals surface area contributed by atoms with Crippen LogP contribution >= 0.6 is 22.7 Å². The molecule has 0 bridgehead atoms. The first kappa shape index (κ1) is 19.8. The molecule has 0 fully saturated rings. The Morgan fingerprint density at radius 3 is 2.03 bits per heavy atom. The molecule has 30 heavy (non-hydrogen) atoms. The predicted molar refractivity (Wildman–Crippen MR) is 137 cm³/mol. The largest absolute Gasteiger partial charge is 0.134 e. The Labute approximate surface area is 187 Å². The van der Waals surface area contributed by atoms with Crippen LogP contribution in [-0.4, -0.2) is 0 Å². The minimum Gasteiger partial charge on any atom is -0.134 e. The first-order valence-electron chi connectivity index (χ1n) is 11.3. The van der Waals surface area contributed by atoms with Crippen molar-refractivity contribution in [3.8, 4) is 11.1 Å². The van der Waals surface area contributed by atoms with E-state index in [1.54, 1.807) is 0 Å². The maximum Gasteiger partial charge on any atom is 0.0542 e. The zero-order valence-corrected chi connectivity index (χ0v) is 19.3. The second-order valence-electron chi connectivity index (χ2n) is 8.29. The molecule has 0 spiro atoms. The smallest absolute Gasteiger partial charge is 0.0542 e. The van der Waals surface area contributed by atoms with Crippen LogP contribution in [0.1, 0.15) is 51.0 Å². The number of hydrogen-bond donors (Lipinski definition) is 0. The first-order chi connectivity index (χ1) is 14.8. The normalized spacial score (nSPS) is 11.8. The van der Waals surface area contributed by atoms with E-state index in [4.69, 9.17) is 0 Å². The lowest BCUT2D eigenvalue weighted by atomic mass is 10.0. The Balaban J connectivity index is 1.40. The monoisotopic (exact) mass is 428 g/mol. The quantitative estimate of drug-likeness (QED) is 0.216. The van der Waals surface area contributed by atoms with Gasteiger partial charge in [0.1, 0.15) is 0 Å². The Bertz CT molecular complexity index is 1270. The molecule has 152 valence electrons. The summed E-state index contributed by atoms with van der Waals surface area (Å²) in [7, 11) is 0. The minimum absolute atomic E-state index is 1.22. The van der Waals surface area contributed by atoms with E-state index in [-0.39, 0.29) is 0 Å². The zero-order chi connectivity index (χ0) is 20.3. The average molecular weight is 429 g/mol. The van der Waals surface area contributed by atoms with Gasteiger partial charge in [-0.15, -0.1) is 22.7 Å². The lowest BCUT2D eigenvalue weighted by Gasteiger charge is -2.03. The van der Waals surface area contributed by atoms with Crippen molar-refractivity contribution in [3.05, 3.63) is 72.3 Å². The van der Waals surface area contributed by atoms with Crippen LogP contribution in [0.2, 0.25) is 0 Å². The maximum absolute atomic E-state index is 2.45. The van der Waals surface area contributed by atoms with E-state index in [2.05, 4.69) is 73.7 Å². The average Bonchev–Trinajstić information content (AvgIpc) is 3.31. The molecule has 0 N–H and O–H groups in total. The van der Waals surface area contributed by atoms with Gasteiger partial charge in [0.05, 0.1) is 9.40 Å². The van der Waals surface area contributed by atoms with E-state index in [1.165, 1.54) is 91.2 Å². The highest BCUT2D eigenvalue weighted by Crippen LogP contribution is 2.45. The van der Waals surface area contributed by atoms with Gasteiger partial charge >= 0.3 is 0 Å². The van der Waals surface area contributed by atoms with Crippen LogP contribution in [0.15, 0.2) is 66.7 Å². The van der Waals surface area contributed by atoms with Crippen molar-refractivity contribution in [2.45, 2.75) is 51.9 Å². The van der Waals surface area contributed by atoms with Gasteiger partial charge in [-0.1, -0.05) is 93.6 Å². The van der Waals surface area contributed by atoms with Gasteiger partial charge in [0.2, 0.25) is 0 Å². The molecule has 5 aromatic rings. The van der Waals surface area contributed by atoms with Crippen molar-refractivity contribution in [2.24, 2.45) is 0 Å². The van der Waals surface area contributed by atoms with Gasteiger partial charge in [-0.2, -0.15) is 0 Å². The second-order valence-corrected chi connectivity index (χ2v) is 10.4. The summed E-state index contributed by atoms with van der Waals surface area (Å²) >= 11 is 3.93. The summed E-state index contributed by atoms with van der Waals surface area (Å²) in [5.74, 6) is 0. The summed E-state index contributed by atoms with van der Waals surface area (Å²) in [4.78, 5) is 0. The SMILES string of the molecule is CCCCCCCCc1ccc2c(c1)sc1c3ccc(-c4ccccc4)cc3sc21. The summed E-state index contributed by atoms with van der Waals surface area (Å²) in [6.07, 6.45) is 9.41. The molecule has 0 radical (unpaired) electrons. The van der Waals surface area contributed by atoms with Crippen molar-refractivity contribution in [1.82, 2.24) is 0 Å². The molecule has 2 aromatic heterocycles. The molecule has 0 aliphatic carbocycles. The van der Waals surface area contributed by atoms with Crippen molar-refractivity contribution >= 4 is 52.2 Å². The molecule has 0 aliphatic heterocycles. The Kier molecular flexibility index (Phi) is 5.88. The summed E-state index contributed by atoms with van der Waals surface area (Å²) in [5.41, 5.74) is 4.10. The van der Waals surface area contributed by atoms with Gasteiger partial charge in [0, 0.05) is 20.2 Å². The third-order valence-corrected chi connectivity index (χ3v) is 8.57. The Morgan fingerprint density at radius 2 is 1.27 bits per heavy atom. The summed E-state index contributed by atoms with van der Waals surface area (Å²) in [5, 5.41) is 2.84. The summed E-state index contributed by atoms with van der Waals surface area (Å²) in [6, 6.07) is 24.8. The Hall–Kier alpha value is -2.16. The van der Waals surface area contributed by atoms with E-state index in [0.29, 0.717) is 0 Å². The number of unbranched alkanes of at least 4 members (excludes halogenated alkanes) is 5. The fourth-order valence-electron chi connectivity index (χ4n) is 4.38. The van der Waals surface area contributed by atoms with E-state index in [1.807, 2.05) is 22.7 Å². The zero-order valence-electron chi connectivity index (χ0n) is 17.6. The second kappa shape index (κ2) is 8.91. The maximum atomic E-state index is 2.45. The van der Waals surface area contributed by atoms with Gasteiger partial charge in [-0.25, -0.2) is 0 Å². The van der Waals surface area contributed by atoms with Crippen LogP contribution in [0.3, 0.4) is 0 Å². The molecular weight excluding hydrogens is 400 g/mol. The molecule has 0 amide bonds. The van der Waals surface area contributed by atoms with Crippen LogP contribution in [0.4, 0.5) is 0 Å². The van der Waals surface area contributed by atoms with Gasteiger partial charge in [-0.05, 0) is 41.7 Å². The summed E-state index contributed by atoms with van der Waals surface area (Å²) < 4.78 is 5.77.